The fourth-order valence-corrected chi connectivity index (χ4v) is 6.37. The number of halogens is 1. The fraction of sp³-hybridized carbons (Fsp3) is 0.182. The van der Waals surface area contributed by atoms with Gasteiger partial charge < -0.3 is 20.1 Å². The number of pyridine rings is 1. The van der Waals surface area contributed by atoms with E-state index in [0.717, 1.165) is 44.8 Å². The predicted molar refractivity (Wildman–Crippen MR) is 170 cm³/mol. The second-order valence-electron chi connectivity index (χ2n) is 10.3. The Kier molecular flexibility index (Phi) is 7.47. The van der Waals surface area contributed by atoms with Gasteiger partial charge in [0.2, 0.25) is 5.91 Å². The number of aromatic nitrogens is 2. The Morgan fingerprint density at radius 2 is 1.78 bits per heavy atom. The molecule has 0 aliphatic carbocycles. The predicted octanol–water partition coefficient (Wildman–Crippen LogP) is 7.30. The van der Waals surface area contributed by atoms with Crippen molar-refractivity contribution in [2.24, 2.45) is 0 Å². The van der Waals surface area contributed by atoms with E-state index < -0.39 is 0 Å². The van der Waals surface area contributed by atoms with Gasteiger partial charge in [0.25, 0.3) is 0 Å². The van der Waals surface area contributed by atoms with E-state index in [1.807, 2.05) is 78.9 Å². The van der Waals surface area contributed by atoms with E-state index in [9.17, 15) is 4.79 Å². The second-order valence-corrected chi connectivity index (χ2v) is 11.1. The van der Waals surface area contributed by atoms with E-state index in [1.165, 1.54) is 0 Å². The third-order valence-corrected chi connectivity index (χ3v) is 8.28. The zero-order chi connectivity index (χ0) is 28.5. The van der Waals surface area contributed by atoms with E-state index >= 15 is 0 Å². The Balaban J connectivity index is 1.31. The average molecular weight is 580 g/mol. The first kappa shape index (κ1) is 27.0. The summed E-state index contributed by atoms with van der Waals surface area (Å²) in [6.45, 7) is 4.67. The van der Waals surface area contributed by atoms with Gasteiger partial charge in [-0.25, -0.2) is 0 Å². The second kappa shape index (κ2) is 11.4. The molecule has 0 radical (unpaired) electrons. The van der Waals surface area contributed by atoms with Gasteiger partial charge in [-0.1, -0.05) is 60.1 Å². The van der Waals surface area contributed by atoms with Gasteiger partial charge in [-0.15, -0.1) is 0 Å². The number of thiocarbonyl (C=S) groups is 1. The van der Waals surface area contributed by atoms with Gasteiger partial charge >= 0.3 is 0 Å². The van der Waals surface area contributed by atoms with Crippen molar-refractivity contribution >= 4 is 51.3 Å². The number of anilines is 1. The van der Waals surface area contributed by atoms with Gasteiger partial charge in [-0.3, -0.25) is 9.78 Å². The van der Waals surface area contributed by atoms with Gasteiger partial charge in [0, 0.05) is 52.3 Å². The SMILES string of the molecule is Cc1cc([C@H]2[C@@H](c3ccccn3)NC(=S)N2CCC(=O)Nc2cccc3ccccc23)c(C)n1-c1cccc(Cl)c1. The molecule has 206 valence electrons. The lowest BCUT2D eigenvalue weighted by Crippen LogP contribution is -2.33. The van der Waals surface area contributed by atoms with Crippen LogP contribution in [0.15, 0.2) is 97.2 Å². The molecule has 6 rings (SSSR count). The largest absolute Gasteiger partial charge is 0.352 e. The van der Waals surface area contributed by atoms with Crippen LogP contribution in [0.25, 0.3) is 16.5 Å². The Hall–Kier alpha value is -4.20. The molecule has 8 heteroatoms. The third-order valence-electron chi connectivity index (χ3n) is 7.70. The molecule has 0 saturated carbocycles. The summed E-state index contributed by atoms with van der Waals surface area (Å²) in [5, 5.41) is 10.0. The molecule has 0 bridgehead atoms. The minimum Gasteiger partial charge on any atom is -0.352 e. The van der Waals surface area contributed by atoms with Crippen molar-refractivity contribution in [3.8, 4) is 5.69 Å². The summed E-state index contributed by atoms with van der Waals surface area (Å²) in [7, 11) is 0. The molecule has 5 aromatic rings. The molecule has 2 atom stereocenters. The molecule has 1 saturated heterocycles. The van der Waals surface area contributed by atoms with Crippen LogP contribution < -0.4 is 10.6 Å². The maximum absolute atomic E-state index is 13.2. The van der Waals surface area contributed by atoms with Crippen LogP contribution in [0.4, 0.5) is 5.69 Å². The molecule has 1 fully saturated rings. The van der Waals surface area contributed by atoms with E-state index in [0.29, 0.717) is 16.7 Å². The number of aryl methyl sites for hydroxylation is 1. The van der Waals surface area contributed by atoms with Crippen LogP contribution >= 0.6 is 23.8 Å². The number of carbonyl (C=O) groups excluding carboxylic acids is 1. The maximum Gasteiger partial charge on any atom is 0.226 e. The van der Waals surface area contributed by atoms with Gasteiger partial charge in [-0.2, -0.15) is 0 Å². The number of fused-ring (bicyclic) bond motifs is 1. The highest BCUT2D eigenvalue weighted by atomic mass is 35.5. The van der Waals surface area contributed by atoms with Crippen molar-refractivity contribution in [2.45, 2.75) is 32.4 Å². The number of hydrogen-bond donors (Lipinski definition) is 2. The lowest BCUT2D eigenvalue weighted by atomic mass is 9.96. The topological polar surface area (TPSA) is 62.2 Å². The summed E-state index contributed by atoms with van der Waals surface area (Å²) in [6.07, 6.45) is 2.08. The highest BCUT2D eigenvalue weighted by Crippen LogP contribution is 2.41. The number of carbonyl (C=O) groups is 1. The zero-order valence-corrected chi connectivity index (χ0v) is 24.4. The molecule has 6 nitrogen and oxygen atoms in total. The number of hydrogen-bond acceptors (Lipinski definition) is 3. The first-order chi connectivity index (χ1) is 19.9. The molecule has 0 spiro atoms. The standard InChI is InChI=1S/C33H30ClN5OS/c1-21-19-27(22(2)39(21)25-12-8-11-24(34)20-25)32-31(29-14-5-6-17-35-29)37-33(41)38(32)18-16-30(40)36-28-15-7-10-23-9-3-4-13-26(23)28/h3-15,17,19-20,31-32H,16,18H2,1-2H3,(H,36,40)(H,37,41)/t31-,32+/m1/s1. The highest BCUT2D eigenvalue weighted by molar-refractivity contribution is 7.80. The van der Waals surface area contributed by atoms with E-state index in [2.05, 4.69) is 51.1 Å². The van der Waals surface area contributed by atoms with Crippen LogP contribution in [0.3, 0.4) is 0 Å². The van der Waals surface area contributed by atoms with E-state index in [-0.39, 0.29) is 24.4 Å². The molecule has 1 amide bonds. The number of amides is 1. The molecule has 2 aromatic heterocycles. The molecule has 41 heavy (non-hydrogen) atoms. The molecular formula is C33H30ClN5OS. The minimum absolute atomic E-state index is 0.0615. The minimum atomic E-state index is -0.168. The molecule has 3 aromatic carbocycles. The van der Waals surface area contributed by atoms with Gasteiger partial charge in [-0.05, 0) is 79.5 Å². The summed E-state index contributed by atoms with van der Waals surface area (Å²) in [6, 6.07) is 29.6. The summed E-state index contributed by atoms with van der Waals surface area (Å²) in [5.41, 5.74) is 6.01. The smallest absolute Gasteiger partial charge is 0.226 e. The Morgan fingerprint density at radius 1 is 1.00 bits per heavy atom. The molecule has 1 aliphatic rings. The number of benzene rings is 3. The molecule has 0 unspecified atom stereocenters. The lowest BCUT2D eigenvalue weighted by Gasteiger charge is -2.28. The first-order valence-corrected chi connectivity index (χ1v) is 14.4. The van der Waals surface area contributed by atoms with Crippen molar-refractivity contribution < 1.29 is 4.79 Å². The van der Waals surface area contributed by atoms with Crippen molar-refractivity contribution in [3.63, 3.8) is 0 Å². The normalized spacial score (nSPS) is 16.7. The number of nitrogens with zero attached hydrogens (tertiary/aromatic N) is 3. The van der Waals surface area contributed by atoms with Crippen molar-refractivity contribution in [1.82, 2.24) is 19.8 Å². The molecular weight excluding hydrogens is 550 g/mol. The lowest BCUT2D eigenvalue weighted by molar-refractivity contribution is -0.116. The van der Waals surface area contributed by atoms with Crippen molar-refractivity contribution in [1.29, 1.82) is 0 Å². The van der Waals surface area contributed by atoms with Crippen LogP contribution in [-0.2, 0) is 4.79 Å². The number of nitrogens with one attached hydrogen (secondary N) is 2. The van der Waals surface area contributed by atoms with Crippen LogP contribution in [-0.4, -0.2) is 32.0 Å². The van der Waals surface area contributed by atoms with Crippen LogP contribution in [0.5, 0.6) is 0 Å². The first-order valence-electron chi connectivity index (χ1n) is 13.6. The average Bonchev–Trinajstić information content (AvgIpc) is 3.46. The van der Waals surface area contributed by atoms with Crippen LogP contribution in [0.2, 0.25) is 5.02 Å². The molecule has 1 aliphatic heterocycles. The molecule has 2 N–H and O–H groups in total. The van der Waals surface area contributed by atoms with Gasteiger partial charge in [0.05, 0.1) is 17.8 Å². The maximum atomic E-state index is 13.2. The highest BCUT2D eigenvalue weighted by Gasteiger charge is 2.41. The van der Waals surface area contributed by atoms with E-state index in [1.54, 1.807) is 6.20 Å². The summed E-state index contributed by atoms with van der Waals surface area (Å²) in [4.78, 5) is 20.0. The summed E-state index contributed by atoms with van der Waals surface area (Å²) >= 11 is 12.2. The Morgan fingerprint density at radius 3 is 2.59 bits per heavy atom. The van der Waals surface area contributed by atoms with Crippen molar-refractivity contribution in [3.05, 3.63) is 125 Å². The monoisotopic (exact) mass is 579 g/mol. The fourth-order valence-electron chi connectivity index (χ4n) is 5.85. The summed E-state index contributed by atoms with van der Waals surface area (Å²) in [5.74, 6) is -0.0615. The Bertz CT molecular complexity index is 1750. The quantitative estimate of drug-likeness (QED) is 0.198. The van der Waals surface area contributed by atoms with Crippen molar-refractivity contribution in [2.75, 3.05) is 11.9 Å². The Labute approximate surface area is 250 Å². The molecule has 3 heterocycles. The number of rotatable bonds is 7. The van der Waals surface area contributed by atoms with Crippen LogP contribution in [0.1, 0.15) is 41.1 Å². The van der Waals surface area contributed by atoms with Gasteiger partial charge in [0.15, 0.2) is 5.11 Å². The van der Waals surface area contributed by atoms with Crippen LogP contribution in [0, 0.1) is 13.8 Å². The summed E-state index contributed by atoms with van der Waals surface area (Å²) < 4.78 is 2.21. The third kappa shape index (κ3) is 5.31. The van der Waals surface area contributed by atoms with E-state index in [4.69, 9.17) is 23.8 Å². The zero-order valence-electron chi connectivity index (χ0n) is 22.8. The van der Waals surface area contributed by atoms with Gasteiger partial charge in [0.1, 0.15) is 0 Å².